The minimum Gasteiger partial charge on any atom is -0.465 e. The molecule has 6 nitrogen and oxygen atoms in total. The number of hydrogen-bond donors (Lipinski definition) is 1. The lowest BCUT2D eigenvalue weighted by molar-refractivity contribution is 0.0600. The number of ether oxygens (including phenoxy) is 1. The second kappa shape index (κ2) is 6.47. The van der Waals surface area contributed by atoms with E-state index in [1.807, 2.05) is 0 Å². The number of nitrogens with one attached hydrogen (secondary N) is 1. The van der Waals surface area contributed by atoms with E-state index in [0.29, 0.717) is 17.4 Å². The third-order valence-electron chi connectivity index (χ3n) is 3.46. The quantitative estimate of drug-likeness (QED) is 0.813. The van der Waals surface area contributed by atoms with Crippen LogP contribution in [-0.4, -0.2) is 48.7 Å². The van der Waals surface area contributed by atoms with Gasteiger partial charge in [-0.15, -0.1) is 0 Å². The van der Waals surface area contributed by atoms with Crippen LogP contribution in [0.3, 0.4) is 0 Å². The Kier molecular flexibility index (Phi) is 4.68. The Morgan fingerprint density at radius 1 is 1.53 bits per heavy atom. The Labute approximate surface area is 113 Å². The molecule has 1 aromatic rings. The zero-order valence-corrected chi connectivity index (χ0v) is 11.4. The average Bonchev–Trinajstić information content (AvgIpc) is 2.49. The van der Waals surface area contributed by atoms with Crippen LogP contribution in [0.1, 0.15) is 30.1 Å². The lowest BCUT2D eigenvalue weighted by Gasteiger charge is -2.35. The minimum absolute atomic E-state index is 0.386. The summed E-state index contributed by atoms with van der Waals surface area (Å²) >= 11 is 0. The van der Waals surface area contributed by atoms with E-state index in [0.717, 1.165) is 32.5 Å². The first kappa shape index (κ1) is 13.7. The normalized spacial score (nSPS) is 16.1. The van der Waals surface area contributed by atoms with Crippen molar-refractivity contribution >= 4 is 11.8 Å². The van der Waals surface area contributed by atoms with E-state index in [4.69, 9.17) is 4.74 Å². The van der Waals surface area contributed by atoms with Gasteiger partial charge in [0.25, 0.3) is 0 Å². The van der Waals surface area contributed by atoms with E-state index in [9.17, 15) is 4.79 Å². The van der Waals surface area contributed by atoms with Crippen LogP contribution >= 0.6 is 0 Å². The van der Waals surface area contributed by atoms with Crippen molar-refractivity contribution in [1.82, 2.24) is 15.3 Å². The monoisotopic (exact) mass is 264 g/mol. The number of piperidine rings is 1. The van der Waals surface area contributed by atoms with Crippen molar-refractivity contribution in [3.63, 3.8) is 0 Å². The van der Waals surface area contributed by atoms with Crippen LogP contribution in [0.4, 0.5) is 5.82 Å². The van der Waals surface area contributed by atoms with Crippen LogP contribution in [0.15, 0.2) is 12.5 Å². The minimum atomic E-state index is -0.386. The molecule has 0 spiro atoms. The van der Waals surface area contributed by atoms with E-state index in [1.165, 1.54) is 19.6 Å². The zero-order valence-electron chi connectivity index (χ0n) is 11.4. The highest BCUT2D eigenvalue weighted by Gasteiger charge is 2.25. The Morgan fingerprint density at radius 3 is 2.89 bits per heavy atom. The van der Waals surface area contributed by atoms with Crippen molar-refractivity contribution in [1.29, 1.82) is 0 Å². The van der Waals surface area contributed by atoms with Gasteiger partial charge in [-0.25, -0.2) is 14.8 Å². The fourth-order valence-electron chi connectivity index (χ4n) is 2.51. The average molecular weight is 264 g/mol. The smallest absolute Gasteiger partial charge is 0.343 e. The highest BCUT2D eigenvalue weighted by atomic mass is 16.5. The number of rotatable bonds is 4. The number of hydrogen-bond acceptors (Lipinski definition) is 6. The predicted molar refractivity (Wildman–Crippen MR) is 72.3 cm³/mol. The summed E-state index contributed by atoms with van der Waals surface area (Å²) in [5.41, 5.74) is 0.436. The topological polar surface area (TPSA) is 67.4 Å². The van der Waals surface area contributed by atoms with Gasteiger partial charge < -0.3 is 15.0 Å². The largest absolute Gasteiger partial charge is 0.465 e. The number of esters is 1. The van der Waals surface area contributed by atoms with Gasteiger partial charge in [0, 0.05) is 18.8 Å². The number of carbonyl (C=O) groups excluding carboxylic acids is 1. The molecule has 1 saturated heterocycles. The van der Waals surface area contributed by atoms with Crippen LogP contribution in [-0.2, 0) is 4.74 Å². The van der Waals surface area contributed by atoms with Gasteiger partial charge in [-0.05, 0) is 32.9 Å². The predicted octanol–water partition coefficient (Wildman–Crippen LogP) is 0.841. The number of nitrogens with zero attached hydrogens (tertiary/aromatic N) is 3. The molecule has 0 bridgehead atoms. The summed E-state index contributed by atoms with van der Waals surface area (Å²) in [5.74, 6) is 0.291. The molecule has 1 aromatic heterocycles. The summed E-state index contributed by atoms with van der Waals surface area (Å²) in [6.07, 6.45) is 5.11. The lowest BCUT2D eigenvalue weighted by Crippen LogP contribution is -2.44. The third-order valence-corrected chi connectivity index (χ3v) is 3.46. The lowest BCUT2D eigenvalue weighted by atomic mass is 10.0. The molecule has 1 aliphatic heterocycles. The molecule has 6 heteroatoms. The molecule has 0 unspecified atom stereocenters. The fourth-order valence-corrected chi connectivity index (χ4v) is 2.51. The van der Waals surface area contributed by atoms with E-state index in [2.05, 4.69) is 27.1 Å². The molecule has 104 valence electrons. The van der Waals surface area contributed by atoms with Gasteiger partial charge in [0.15, 0.2) is 0 Å². The van der Waals surface area contributed by atoms with Gasteiger partial charge in [0.1, 0.15) is 17.7 Å². The zero-order chi connectivity index (χ0) is 13.7. The summed E-state index contributed by atoms with van der Waals surface area (Å²) in [5, 5.41) is 3.34. The highest BCUT2D eigenvalue weighted by molar-refractivity contribution is 5.94. The van der Waals surface area contributed by atoms with Crippen LogP contribution in [0.2, 0.25) is 0 Å². The maximum Gasteiger partial charge on any atom is 0.343 e. The second-order valence-corrected chi connectivity index (χ2v) is 4.52. The molecule has 0 aromatic carbocycles. The van der Waals surface area contributed by atoms with Gasteiger partial charge in [0.2, 0.25) is 0 Å². The van der Waals surface area contributed by atoms with Crippen molar-refractivity contribution in [3.8, 4) is 0 Å². The molecule has 2 heterocycles. The first-order chi connectivity index (χ1) is 9.27. The second-order valence-electron chi connectivity index (χ2n) is 4.52. The molecular formula is C13H20N4O2. The molecule has 0 amide bonds. The van der Waals surface area contributed by atoms with Crippen molar-refractivity contribution in [2.24, 2.45) is 0 Å². The van der Waals surface area contributed by atoms with Crippen molar-refractivity contribution < 1.29 is 9.53 Å². The van der Waals surface area contributed by atoms with Gasteiger partial charge in [0.05, 0.1) is 7.11 Å². The van der Waals surface area contributed by atoms with Crippen LogP contribution in [0, 0.1) is 0 Å². The van der Waals surface area contributed by atoms with E-state index in [1.54, 1.807) is 0 Å². The first-order valence-electron chi connectivity index (χ1n) is 6.63. The Morgan fingerprint density at radius 2 is 2.26 bits per heavy atom. The number of anilines is 1. The highest BCUT2D eigenvalue weighted by Crippen LogP contribution is 2.23. The summed E-state index contributed by atoms with van der Waals surface area (Å²) in [4.78, 5) is 22.2. The van der Waals surface area contributed by atoms with Crippen molar-refractivity contribution in [3.05, 3.63) is 18.1 Å². The maximum atomic E-state index is 11.8. The Bertz CT molecular complexity index is 432. The summed E-state index contributed by atoms with van der Waals surface area (Å²) in [6, 6.07) is 0.407. The summed E-state index contributed by atoms with van der Waals surface area (Å²) in [6.45, 7) is 4.89. The first-order valence-corrected chi connectivity index (χ1v) is 6.63. The standard InChI is InChI=1S/C13H20N4O2/c1-3-17(10-4-6-14-7-5-10)12-11(13(18)19-2)8-15-9-16-12/h8-10,14H,3-7H2,1-2H3. The third kappa shape index (κ3) is 3.01. The summed E-state index contributed by atoms with van der Waals surface area (Å²) in [7, 11) is 1.37. The van der Waals surface area contributed by atoms with E-state index < -0.39 is 0 Å². The molecule has 1 N–H and O–H groups in total. The molecule has 0 atom stereocenters. The van der Waals surface area contributed by atoms with E-state index >= 15 is 0 Å². The van der Waals surface area contributed by atoms with Crippen LogP contribution < -0.4 is 10.2 Å². The van der Waals surface area contributed by atoms with Crippen LogP contribution in [0.5, 0.6) is 0 Å². The van der Waals surface area contributed by atoms with Gasteiger partial charge in [-0.1, -0.05) is 0 Å². The van der Waals surface area contributed by atoms with Gasteiger partial charge in [-0.2, -0.15) is 0 Å². The molecule has 1 aliphatic rings. The molecule has 0 aliphatic carbocycles. The molecule has 1 fully saturated rings. The Hall–Kier alpha value is -1.69. The fraction of sp³-hybridized carbons (Fsp3) is 0.615. The van der Waals surface area contributed by atoms with E-state index in [-0.39, 0.29) is 5.97 Å². The molecular weight excluding hydrogens is 244 g/mol. The van der Waals surface area contributed by atoms with Crippen molar-refractivity contribution in [2.75, 3.05) is 31.6 Å². The summed E-state index contributed by atoms with van der Waals surface area (Å²) < 4.78 is 4.80. The number of carbonyl (C=O) groups is 1. The molecule has 19 heavy (non-hydrogen) atoms. The number of aromatic nitrogens is 2. The maximum absolute atomic E-state index is 11.8. The van der Waals surface area contributed by atoms with Crippen LogP contribution in [0.25, 0.3) is 0 Å². The van der Waals surface area contributed by atoms with Gasteiger partial charge >= 0.3 is 5.97 Å². The Balaban J connectivity index is 2.29. The molecule has 0 radical (unpaired) electrons. The SMILES string of the molecule is CCN(c1ncncc1C(=O)OC)C1CCNCC1. The number of methoxy groups -OCH3 is 1. The van der Waals surface area contributed by atoms with Gasteiger partial charge in [-0.3, -0.25) is 0 Å². The molecule has 0 saturated carbocycles. The van der Waals surface area contributed by atoms with Crippen molar-refractivity contribution in [2.45, 2.75) is 25.8 Å². The molecule has 2 rings (SSSR count).